The van der Waals surface area contributed by atoms with Crippen LogP contribution >= 0.6 is 12.6 Å². The lowest BCUT2D eigenvalue weighted by Gasteiger charge is -2.30. The maximum absolute atomic E-state index is 4.46. The molecule has 0 saturated heterocycles. The van der Waals surface area contributed by atoms with Gasteiger partial charge in [-0.05, 0) is 24.0 Å². The summed E-state index contributed by atoms with van der Waals surface area (Å²) in [6, 6.07) is 0. The van der Waals surface area contributed by atoms with Gasteiger partial charge in [-0.2, -0.15) is 12.6 Å². The summed E-state index contributed by atoms with van der Waals surface area (Å²) in [5.74, 6) is 2.26. The second-order valence-corrected chi connectivity index (χ2v) is 5.22. The van der Waals surface area contributed by atoms with Gasteiger partial charge in [0, 0.05) is 32.0 Å². The highest BCUT2D eigenvalue weighted by atomic mass is 32.1. The third-order valence-electron chi connectivity index (χ3n) is 3.68. The summed E-state index contributed by atoms with van der Waals surface area (Å²) in [6.07, 6.45) is 6.71. The molecule has 0 bridgehead atoms. The average Bonchev–Trinajstić information content (AvgIpc) is 2.88. The molecule has 3 rings (SSSR count). The molecule has 0 spiro atoms. The molecule has 0 N–H and O–H groups in total. The van der Waals surface area contributed by atoms with Gasteiger partial charge in [0.1, 0.15) is 5.82 Å². The van der Waals surface area contributed by atoms with Crippen LogP contribution in [-0.2, 0) is 13.1 Å². The second-order valence-electron chi connectivity index (χ2n) is 4.91. The Hall–Kier alpha value is -0.480. The Morgan fingerprint density at radius 1 is 1.40 bits per heavy atom. The molecule has 0 unspecified atom stereocenters. The van der Waals surface area contributed by atoms with E-state index in [0.29, 0.717) is 5.41 Å². The first-order valence-corrected chi connectivity index (χ1v) is 6.28. The molecule has 15 heavy (non-hydrogen) atoms. The van der Waals surface area contributed by atoms with Crippen LogP contribution < -0.4 is 0 Å². The summed E-state index contributed by atoms with van der Waals surface area (Å²) in [4.78, 5) is 6.92. The van der Waals surface area contributed by atoms with Crippen molar-refractivity contribution < 1.29 is 0 Å². The summed E-state index contributed by atoms with van der Waals surface area (Å²) < 4.78 is 2.26. The van der Waals surface area contributed by atoms with E-state index >= 15 is 0 Å². The molecule has 0 radical (unpaired) electrons. The molecule has 3 nitrogen and oxygen atoms in total. The molecule has 1 aromatic heterocycles. The zero-order chi connectivity index (χ0) is 10.3. The first-order valence-electron chi connectivity index (χ1n) is 5.65. The van der Waals surface area contributed by atoms with Crippen LogP contribution in [0.15, 0.2) is 12.4 Å². The van der Waals surface area contributed by atoms with Crippen molar-refractivity contribution in [1.82, 2.24) is 14.5 Å². The normalized spacial score (nSPS) is 23.8. The summed E-state index contributed by atoms with van der Waals surface area (Å²) in [5.41, 5.74) is 0.540. The topological polar surface area (TPSA) is 21.1 Å². The van der Waals surface area contributed by atoms with Crippen LogP contribution in [0.25, 0.3) is 0 Å². The summed E-state index contributed by atoms with van der Waals surface area (Å²) in [7, 11) is 0. The van der Waals surface area contributed by atoms with Crippen molar-refractivity contribution >= 4 is 12.6 Å². The summed E-state index contributed by atoms with van der Waals surface area (Å²) >= 11 is 4.46. The molecule has 1 saturated carbocycles. The molecule has 1 fully saturated rings. The standard InChI is InChI=1S/C11H17N3S/c15-9-11(1-2-11)8-13-5-6-14-4-3-12-10(14)7-13/h3-4,15H,1-2,5-9H2. The predicted octanol–water partition coefficient (Wildman–Crippen LogP) is 1.41. The van der Waals surface area contributed by atoms with E-state index in [4.69, 9.17) is 0 Å². The minimum absolute atomic E-state index is 0.540. The van der Waals surface area contributed by atoms with E-state index in [1.54, 1.807) is 0 Å². The quantitative estimate of drug-likeness (QED) is 0.782. The van der Waals surface area contributed by atoms with E-state index in [0.717, 1.165) is 18.8 Å². The molecule has 1 aliphatic heterocycles. The second kappa shape index (κ2) is 3.52. The van der Waals surface area contributed by atoms with Crippen LogP contribution in [0, 0.1) is 5.41 Å². The van der Waals surface area contributed by atoms with E-state index in [1.807, 2.05) is 6.20 Å². The van der Waals surface area contributed by atoms with E-state index in [9.17, 15) is 0 Å². The largest absolute Gasteiger partial charge is 0.333 e. The van der Waals surface area contributed by atoms with Crippen LogP contribution in [0.3, 0.4) is 0 Å². The van der Waals surface area contributed by atoms with Gasteiger partial charge in [-0.1, -0.05) is 0 Å². The van der Waals surface area contributed by atoms with Crippen LogP contribution in [-0.4, -0.2) is 33.3 Å². The lowest BCUT2D eigenvalue weighted by Crippen LogP contribution is -2.38. The molecule has 1 aliphatic carbocycles. The molecule has 2 aliphatic rings. The number of thiol groups is 1. The number of nitrogens with zero attached hydrogens (tertiary/aromatic N) is 3. The molecule has 0 amide bonds. The number of rotatable bonds is 3. The molecule has 4 heteroatoms. The predicted molar refractivity (Wildman–Crippen MR) is 63.0 cm³/mol. The first-order chi connectivity index (χ1) is 7.31. The van der Waals surface area contributed by atoms with Gasteiger partial charge in [-0.25, -0.2) is 4.98 Å². The maximum Gasteiger partial charge on any atom is 0.122 e. The van der Waals surface area contributed by atoms with Crippen molar-refractivity contribution in [3.05, 3.63) is 18.2 Å². The SMILES string of the molecule is SCC1(CN2CCn3ccnc3C2)CC1. The van der Waals surface area contributed by atoms with Crippen LogP contribution in [0.5, 0.6) is 0 Å². The minimum Gasteiger partial charge on any atom is -0.333 e. The summed E-state index contributed by atoms with van der Waals surface area (Å²) in [5, 5.41) is 0. The highest BCUT2D eigenvalue weighted by molar-refractivity contribution is 7.80. The zero-order valence-electron chi connectivity index (χ0n) is 8.89. The van der Waals surface area contributed by atoms with E-state index in [1.165, 1.54) is 31.8 Å². The van der Waals surface area contributed by atoms with Crippen LogP contribution in [0.1, 0.15) is 18.7 Å². The third kappa shape index (κ3) is 1.81. The molecular formula is C11H17N3S. The van der Waals surface area contributed by atoms with Crippen molar-refractivity contribution in [2.45, 2.75) is 25.9 Å². The first kappa shape index (κ1) is 9.73. The highest BCUT2D eigenvalue weighted by Gasteiger charge is 2.42. The van der Waals surface area contributed by atoms with Crippen molar-refractivity contribution in [1.29, 1.82) is 0 Å². The maximum atomic E-state index is 4.46. The van der Waals surface area contributed by atoms with E-state index in [2.05, 4.69) is 33.3 Å². The number of hydrogen-bond acceptors (Lipinski definition) is 3. The highest BCUT2D eigenvalue weighted by Crippen LogP contribution is 2.47. The number of hydrogen-bond donors (Lipinski definition) is 1. The van der Waals surface area contributed by atoms with Crippen molar-refractivity contribution in [2.24, 2.45) is 5.41 Å². The summed E-state index contributed by atoms with van der Waals surface area (Å²) in [6.45, 7) is 4.49. The Bertz CT molecular complexity index is 356. The Morgan fingerprint density at radius 3 is 3.00 bits per heavy atom. The molecule has 0 atom stereocenters. The van der Waals surface area contributed by atoms with Gasteiger partial charge in [0.25, 0.3) is 0 Å². The molecule has 0 aromatic carbocycles. The fourth-order valence-electron chi connectivity index (χ4n) is 2.38. The lowest BCUT2D eigenvalue weighted by molar-refractivity contribution is 0.184. The molecule has 2 heterocycles. The smallest absolute Gasteiger partial charge is 0.122 e. The number of fused-ring (bicyclic) bond motifs is 1. The fraction of sp³-hybridized carbons (Fsp3) is 0.727. The van der Waals surface area contributed by atoms with Gasteiger partial charge < -0.3 is 4.57 Å². The van der Waals surface area contributed by atoms with Crippen molar-refractivity contribution in [3.63, 3.8) is 0 Å². The van der Waals surface area contributed by atoms with Crippen LogP contribution in [0.2, 0.25) is 0 Å². The van der Waals surface area contributed by atoms with E-state index in [-0.39, 0.29) is 0 Å². The Kier molecular flexibility index (Phi) is 2.29. The Labute approximate surface area is 95.9 Å². The van der Waals surface area contributed by atoms with Gasteiger partial charge in [0.05, 0.1) is 6.54 Å². The van der Waals surface area contributed by atoms with Gasteiger partial charge >= 0.3 is 0 Å². The van der Waals surface area contributed by atoms with Crippen molar-refractivity contribution in [2.75, 3.05) is 18.8 Å². The Balaban J connectivity index is 1.66. The number of aromatic nitrogens is 2. The van der Waals surface area contributed by atoms with Gasteiger partial charge in [-0.3, -0.25) is 4.90 Å². The average molecular weight is 223 g/mol. The lowest BCUT2D eigenvalue weighted by atomic mass is 10.1. The van der Waals surface area contributed by atoms with Gasteiger partial charge in [0.2, 0.25) is 0 Å². The third-order valence-corrected chi connectivity index (χ3v) is 4.35. The molecule has 82 valence electrons. The van der Waals surface area contributed by atoms with E-state index < -0.39 is 0 Å². The van der Waals surface area contributed by atoms with Gasteiger partial charge in [0.15, 0.2) is 0 Å². The zero-order valence-corrected chi connectivity index (χ0v) is 9.79. The molecule has 1 aromatic rings. The number of imidazole rings is 1. The molecular weight excluding hydrogens is 206 g/mol. The minimum atomic E-state index is 0.540. The Morgan fingerprint density at radius 2 is 2.27 bits per heavy atom. The van der Waals surface area contributed by atoms with Gasteiger partial charge in [-0.15, -0.1) is 0 Å². The van der Waals surface area contributed by atoms with Crippen LogP contribution in [0.4, 0.5) is 0 Å². The fourth-order valence-corrected chi connectivity index (χ4v) is 2.79. The van der Waals surface area contributed by atoms with Crippen molar-refractivity contribution in [3.8, 4) is 0 Å². The monoisotopic (exact) mass is 223 g/mol.